The van der Waals surface area contributed by atoms with E-state index in [1.54, 1.807) is 0 Å². The molecule has 3 aromatic rings. The van der Waals surface area contributed by atoms with Gasteiger partial charge in [-0.15, -0.1) is 0 Å². The number of benzene rings is 2. The van der Waals surface area contributed by atoms with Gasteiger partial charge >= 0.3 is 0 Å². The Labute approximate surface area is 236 Å². The Morgan fingerprint density at radius 1 is 1.03 bits per heavy atom. The fourth-order valence-electron chi connectivity index (χ4n) is 4.82. The molecule has 1 amide bonds. The highest BCUT2D eigenvalue weighted by Gasteiger charge is 2.39. The third kappa shape index (κ3) is 6.29. The molecule has 9 nitrogen and oxygen atoms in total. The predicted octanol–water partition coefficient (Wildman–Crippen LogP) is 3.27. The molecule has 5 rings (SSSR count). The van der Waals surface area contributed by atoms with Gasteiger partial charge in [-0.25, -0.2) is 22.8 Å². The second-order valence-electron chi connectivity index (χ2n) is 9.79. The van der Waals surface area contributed by atoms with E-state index in [1.165, 1.54) is 16.4 Å². The van der Waals surface area contributed by atoms with Crippen molar-refractivity contribution in [1.82, 2.24) is 24.5 Å². The first-order valence-corrected chi connectivity index (χ1v) is 15.1. The lowest BCUT2D eigenvalue weighted by Crippen LogP contribution is -2.46. The minimum Gasteiger partial charge on any atom is -0.349 e. The van der Waals surface area contributed by atoms with Crippen molar-refractivity contribution >= 4 is 37.8 Å². The molecule has 1 N–H and O–H groups in total. The van der Waals surface area contributed by atoms with Gasteiger partial charge in [-0.05, 0) is 62.4 Å². The fraction of sp³-hybridized carbons (Fsp3) is 0.370. The van der Waals surface area contributed by atoms with Crippen LogP contribution in [0, 0.1) is 5.82 Å². The number of nitrogens with zero attached hydrogens (tertiary/aromatic N) is 5. The zero-order chi connectivity index (χ0) is 27.6. The van der Waals surface area contributed by atoms with Crippen molar-refractivity contribution in [2.75, 3.05) is 44.7 Å². The molecule has 1 aromatic heterocycles. The van der Waals surface area contributed by atoms with Gasteiger partial charge in [-0.2, -0.15) is 4.31 Å². The largest absolute Gasteiger partial charge is 0.349 e. The van der Waals surface area contributed by atoms with Gasteiger partial charge in [-0.3, -0.25) is 4.79 Å². The van der Waals surface area contributed by atoms with Crippen LogP contribution in [-0.2, 0) is 21.4 Å². The van der Waals surface area contributed by atoms with Crippen molar-refractivity contribution in [2.24, 2.45) is 0 Å². The van der Waals surface area contributed by atoms with Crippen molar-refractivity contribution < 1.29 is 17.6 Å². The zero-order valence-corrected chi connectivity index (χ0v) is 24.0. The Morgan fingerprint density at radius 3 is 2.41 bits per heavy atom. The van der Waals surface area contributed by atoms with Gasteiger partial charge in [-0.1, -0.05) is 28.1 Å². The van der Waals surface area contributed by atoms with Crippen LogP contribution >= 0.6 is 15.9 Å². The molecule has 2 aliphatic heterocycles. The number of anilines is 1. The molecular weight excluding hydrogens is 587 g/mol. The van der Waals surface area contributed by atoms with Crippen LogP contribution in [0.25, 0.3) is 11.3 Å². The third-order valence-corrected chi connectivity index (χ3v) is 9.51. The molecule has 2 saturated heterocycles. The van der Waals surface area contributed by atoms with Crippen molar-refractivity contribution in [1.29, 1.82) is 0 Å². The first-order chi connectivity index (χ1) is 18.7. The van der Waals surface area contributed by atoms with Crippen LogP contribution in [0.15, 0.2) is 64.0 Å². The number of piperazine rings is 1. The summed E-state index contributed by atoms with van der Waals surface area (Å²) in [7, 11) is -1.86. The van der Waals surface area contributed by atoms with Crippen molar-refractivity contribution in [2.45, 2.75) is 30.3 Å². The number of hydrogen-bond donors (Lipinski definition) is 1. The molecule has 39 heavy (non-hydrogen) atoms. The van der Waals surface area contributed by atoms with Gasteiger partial charge in [0.1, 0.15) is 11.9 Å². The molecule has 3 heterocycles. The molecule has 0 radical (unpaired) electrons. The first kappa shape index (κ1) is 27.6. The molecule has 12 heteroatoms. The third-order valence-electron chi connectivity index (χ3n) is 7.06. The molecule has 2 fully saturated rings. The smallest absolute Gasteiger partial charge is 0.243 e. The van der Waals surface area contributed by atoms with E-state index < -0.39 is 21.9 Å². The average molecular weight is 618 g/mol. The van der Waals surface area contributed by atoms with Crippen LogP contribution in [0.2, 0.25) is 0 Å². The minimum absolute atomic E-state index is 0.0321. The van der Waals surface area contributed by atoms with Crippen LogP contribution in [0.3, 0.4) is 0 Å². The number of nitrogens with one attached hydrogen (secondary N) is 1. The van der Waals surface area contributed by atoms with Crippen molar-refractivity contribution in [3.63, 3.8) is 0 Å². The van der Waals surface area contributed by atoms with Gasteiger partial charge in [0.2, 0.25) is 21.9 Å². The zero-order valence-electron chi connectivity index (χ0n) is 21.6. The molecule has 0 spiro atoms. The SMILES string of the molecule is CN1CCN(c2nc(CNC(=O)C3CCCN3S(=O)(=O)c3ccc(F)cc3)cc(-c3ccc(Br)cc3)n2)CC1. The number of hydrogen-bond acceptors (Lipinski definition) is 7. The number of sulfonamides is 1. The topological polar surface area (TPSA) is 98.7 Å². The number of amides is 1. The summed E-state index contributed by atoms with van der Waals surface area (Å²) in [5.41, 5.74) is 2.31. The summed E-state index contributed by atoms with van der Waals surface area (Å²) in [6.45, 7) is 3.75. The Hall–Kier alpha value is -2.93. The molecular formula is C27H30BrFN6O3S. The van der Waals surface area contributed by atoms with Gasteiger partial charge in [0.05, 0.1) is 22.8 Å². The number of carbonyl (C=O) groups excluding carboxylic acids is 1. The molecule has 1 unspecified atom stereocenters. The Morgan fingerprint density at radius 2 is 1.72 bits per heavy atom. The van der Waals surface area contributed by atoms with E-state index in [4.69, 9.17) is 9.97 Å². The molecule has 0 saturated carbocycles. The molecule has 0 bridgehead atoms. The summed E-state index contributed by atoms with van der Waals surface area (Å²) in [6, 6.07) is 13.5. The number of aromatic nitrogens is 2. The van der Waals surface area contributed by atoms with E-state index >= 15 is 0 Å². The monoisotopic (exact) mass is 616 g/mol. The lowest BCUT2D eigenvalue weighted by atomic mass is 10.1. The van der Waals surface area contributed by atoms with Crippen molar-refractivity contribution in [3.8, 4) is 11.3 Å². The summed E-state index contributed by atoms with van der Waals surface area (Å²) < 4.78 is 41.9. The maximum Gasteiger partial charge on any atom is 0.243 e. The maximum absolute atomic E-state index is 13.3. The fourth-order valence-corrected chi connectivity index (χ4v) is 6.74. The van der Waals surface area contributed by atoms with Gasteiger partial charge in [0.25, 0.3) is 0 Å². The van der Waals surface area contributed by atoms with E-state index in [0.29, 0.717) is 24.5 Å². The van der Waals surface area contributed by atoms with Crippen molar-refractivity contribution in [3.05, 3.63) is 70.6 Å². The molecule has 2 aliphatic rings. The summed E-state index contributed by atoms with van der Waals surface area (Å²) in [5.74, 6) is -0.301. The molecule has 1 atom stereocenters. The lowest BCUT2D eigenvalue weighted by molar-refractivity contribution is -0.124. The standard InChI is InChI=1S/C27H30BrFN6O3S/c1-33-13-15-34(16-14-33)27-31-22(17-24(32-27)19-4-6-20(28)7-5-19)18-30-26(36)25-3-2-12-35(25)39(37,38)23-10-8-21(29)9-11-23/h4-11,17,25H,2-3,12-16,18H2,1H3,(H,30,36). The summed E-state index contributed by atoms with van der Waals surface area (Å²) >= 11 is 3.47. The van der Waals surface area contributed by atoms with E-state index in [-0.39, 0.29) is 23.9 Å². The molecule has 206 valence electrons. The number of halogens is 2. The lowest BCUT2D eigenvalue weighted by Gasteiger charge is -2.32. The Balaban J connectivity index is 1.35. The van der Waals surface area contributed by atoms with Crippen LogP contribution in [0.4, 0.5) is 10.3 Å². The van der Waals surface area contributed by atoms with E-state index in [9.17, 15) is 17.6 Å². The number of likely N-dealkylation sites (N-methyl/N-ethyl adjacent to an activating group) is 1. The molecule has 2 aromatic carbocycles. The van der Waals surface area contributed by atoms with E-state index in [0.717, 1.165) is 54.0 Å². The minimum atomic E-state index is -3.94. The summed E-state index contributed by atoms with van der Waals surface area (Å²) in [4.78, 5) is 27.2. The maximum atomic E-state index is 13.3. The van der Waals surface area contributed by atoms with Gasteiger partial charge in [0.15, 0.2) is 0 Å². The summed E-state index contributed by atoms with van der Waals surface area (Å²) in [5, 5.41) is 2.90. The van der Waals surface area contributed by atoms with E-state index in [1.807, 2.05) is 30.3 Å². The second-order valence-corrected chi connectivity index (χ2v) is 12.6. The van der Waals surface area contributed by atoms with Crippen LogP contribution in [0.5, 0.6) is 0 Å². The van der Waals surface area contributed by atoms with Crippen LogP contribution in [0.1, 0.15) is 18.5 Å². The quantitative estimate of drug-likeness (QED) is 0.435. The Kier molecular flexibility index (Phi) is 8.27. The normalized spacial score (nSPS) is 18.8. The van der Waals surface area contributed by atoms with Crippen LogP contribution < -0.4 is 10.2 Å². The summed E-state index contributed by atoms with van der Waals surface area (Å²) in [6.07, 6.45) is 0.972. The van der Waals surface area contributed by atoms with Gasteiger partial charge < -0.3 is 15.1 Å². The molecule has 0 aliphatic carbocycles. The highest BCUT2D eigenvalue weighted by Crippen LogP contribution is 2.27. The first-order valence-electron chi connectivity index (χ1n) is 12.8. The second kappa shape index (κ2) is 11.7. The highest BCUT2D eigenvalue weighted by atomic mass is 79.9. The number of rotatable bonds is 7. The Bertz CT molecular complexity index is 1430. The predicted molar refractivity (Wildman–Crippen MR) is 150 cm³/mol. The average Bonchev–Trinajstić information content (AvgIpc) is 3.44. The van der Waals surface area contributed by atoms with E-state index in [2.05, 4.69) is 38.1 Å². The van der Waals surface area contributed by atoms with Crippen LogP contribution in [-0.4, -0.2) is 79.3 Å². The number of carbonyl (C=O) groups is 1. The highest BCUT2D eigenvalue weighted by molar-refractivity contribution is 9.10. The van der Waals surface area contributed by atoms with Gasteiger partial charge in [0, 0.05) is 42.8 Å².